The number of ether oxygens (including phenoxy) is 1. The molecule has 0 amide bonds. The van der Waals surface area contributed by atoms with Gasteiger partial charge >= 0.3 is 0 Å². The first-order valence-electron chi connectivity index (χ1n) is 5.32. The molecule has 0 aliphatic carbocycles. The van der Waals surface area contributed by atoms with Crippen molar-refractivity contribution in [2.75, 3.05) is 18.9 Å². The Morgan fingerprint density at radius 2 is 2.19 bits per heavy atom. The molecule has 0 unspecified atom stereocenters. The summed E-state index contributed by atoms with van der Waals surface area (Å²) in [6, 6.07) is 7.38. The molecule has 2 N–H and O–H groups in total. The lowest BCUT2D eigenvalue weighted by molar-refractivity contribution is 0.306. The fourth-order valence-electron chi connectivity index (χ4n) is 1.30. The maximum atomic E-state index is 8.07. The van der Waals surface area contributed by atoms with Crippen LogP contribution in [0.5, 0.6) is 5.75 Å². The molecule has 0 spiro atoms. The molecule has 5 nitrogen and oxygen atoms in total. The Bertz CT molecular complexity index is 361. The van der Waals surface area contributed by atoms with Crippen molar-refractivity contribution in [1.29, 1.82) is 0 Å². The highest BCUT2D eigenvalue weighted by Crippen LogP contribution is 2.14. The third-order valence-corrected chi connectivity index (χ3v) is 2.09. The van der Waals surface area contributed by atoms with E-state index in [0.29, 0.717) is 18.8 Å². The zero-order valence-electron chi connectivity index (χ0n) is 9.17. The predicted octanol–water partition coefficient (Wildman–Crippen LogP) is 3.13. The van der Waals surface area contributed by atoms with Crippen LogP contribution in [0.2, 0.25) is 0 Å². The molecule has 0 saturated carbocycles. The standard InChI is InChI=1S/C11H16N4O/c12-10-5-4-6-11(9-10)16-8-3-1-2-7-14-15-13/h4-6,9H,1-3,7-8,12H2. The maximum absolute atomic E-state index is 8.07. The average Bonchev–Trinajstić information content (AvgIpc) is 2.28. The summed E-state index contributed by atoms with van der Waals surface area (Å²) in [6.45, 7) is 1.23. The van der Waals surface area contributed by atoms with Crippen molar-refractivity contribution in [2.24, 2.45) is 5.11 Å². The van der Waals surface area contributed by atoms with Crippen LogP contribution in [0.1, 0.15) is 19.3 Å². The average molecular weight is 220 g/mol. The van der Waals surface area contributed by atoms with E-state index in [4.69, 9.17) is 16.0 Å². The Labute approximate surface area is 94.8 Å². The number of nitrogens with two attached hydrogens (primary N) is 1. The number of rotatable bonds is 7. The van der Waals surface area contributed by atoms with Crippen molar-refractivity contribution in [3.05, 3.63) is 34.7 Å². The molecule has 0 aliphatic rings. The highest BCUT2D eigenvalue weighted by molar-refractivity contribution is 5.43. The maximum Gasteiger partial charge on any atom is 0.121 e. The SMILES string of the molecule is [N-]=[N+]=NCCCCCOc1cccc(N)c1. The number of benzene rings is 1. The van der Waals surface area contributed by atoms with Gasteiger partial charge in [0, 0.05) is 23.2 Å². The highest BCUT2D eigenvalue weighted by atomic mass is 16.5. The lowest BCUT2D eigenvalue weighted by Crippen LogP contribution is -1.98. The van der Waals surface area contributed by atoms with Crippen LogP contribution in [0.15, 0.2) is 29.4 Å². The molecule has 1 rings (SSSR count). The van der Waals surface area contributed by atoms with E-state index in [0.717, 1.165) is 25.0 Å². The second kappa shape index (κ2) is 7.43. The molecule has 86 valence electrons. The first-order valence-corrected chi connectivity index (χ1v) is 5.32. The second-order valence-corrected chi connectivity index (χ2v) is 3.44. The first kappa shape index (κ1) is 12.2. The molecule has 1 aromatic carbocycles. The van der Waals surface area contributed by atoms with Crippen LogP contribution in [0.3, 0.4) is 0 Å². The Morgan fingerprint density at radius 1 is 1.31 bits per heavy atom. The van der Waals surface area contributed by atoms with Gasteiger partial charge in [-0.1, -0.05) is 11.2 Å². The van der Waals surface area contributed by atoms with Crippen LogP contribution in [-0.2, 0) is 0 Å². The fraction of sp³-hybridized carbons (Fsp3) is 0.455. The summed E-state index contributed by atoms with van der Waals surface area (Å²) in [5.74, 6) is 0.801. The lowest BCUT2D eigenvalue weighted by atomic mass is 10.2. The number of azide groups is 1. The van der Waals surface area contributed by atoms with Crippen molar-refractivity contribution >= 4 is 5.69 Å². The number of hydrogen-bond donors (Lipinski definition) is 1. The number of anilines is 1. The molecule has 0 radical (unpaired) electrons. The van der Waals surface area contributed by atoms with Gasteiger partial charge in [0.1, 0.15) is 5.75 Å². The summed E-state index contributed by atoms with van der Waals surface area (Å²) in [4.78, 5) is 2.69. The summed E-state index contributed by atoms with van der Waals surface area (Å²) in [7, 11) is 0. The van der Waals surface area contributed by atoms with Crippen LogP contribution in [-0.4, -0.2) is 13.2 Å². The Morgan fingerprint density at radius 3 is 2.94 bits per heavy atom. The van der Waals surface area contributed by atoms with E-state index in [-0.39, 0.29) is 0 Å². The second-order valence-electron chi connectivity index (χ2n) is 3.44. The van der Waals surface area contributed by atoms with Gasteiger partial charge in [-0.15, -0.1) is 0 Å². The van der Waals surface area contributed by atoms with Crippen LogP contribution in [0.4, 0.5) is 5.69 Å². The molecular weight excluding hydrogens is 204 g/mol. The van der Waals surface area contributed by atoms with Gasteiger partial charge in [0.2, 0.25) is 0 Å². The Balaban J connectivity index is 2.09. The van der Waals surface area contributed by atoms with Crippen molar-refractivity contribution in [2.45, 2.75) is 19.3 Å². The quantitative estimate of drug-likeness (QED) is 0.252. The van der Waals surface area contributed by atoms with Gasteiger partial charge in [-0.2, -0.15) is 0 Å². The van der Waals surface area contributed by atoms with Gasteiger partial charge in [-0.05, 0) is 36.9 Å². The molecule has 5 heteroatoms. The molecule has 0 bridgehead atoms. The van der Waals surface area contributed by atoms with E-state index >= 15 is 0 Å². The minimum absolute atomic E-state index is 0.564. The number of unbranched alkanes of at least 4 members (excludes halogenated alkanes) is 2. The van der Waals surface area contributed by atoms with Gasteiger partial charge < -0.3 is 10.5 Å². The molecule has 0 fully saturated rings. The minimum atomic E-state index is 0.564. The normalized spacial score (nSPS) is 9.50. The lowest BCUT2D eigenvalue weighted by Gasteiger charge is -2.05. The molecule has 0 saturated heterocycles. The smallest absolute Gasteiger partial charge is 0.121 e. The third kappa shape index (κ3) is 5.12. The molecule has 0 aromatic heterocycles. The van der Waals surface area contributed by atoms with Gasteiger partial charge in [0.15, 0.2) is 0 Å². The van der Waals surface area contributed by atoms with Gasteiger partial charge in [0.25, 0.3) is 0 Å². The largest absolute Gasteiger partial charge is 0.494 e. The van der Waals surface area contributed by atoms with Crippen molar-refractivity contribution in [3.8, 4) is 5.75 Å². The molecule has 1 aromatic rings. The van der Waals surface area contributed by atoms with Crippen LogP contribution >= 0.6 is 0 Å². The molecule has 0 heterocycles. The van der Waals surface area contributed by atoms with E-state index < -0.39 is 0 Å². The number of nitrogen functional groups attached to an aromatic ring is 1. The fourth-order valence-corrected chi connectivity index (χ4v) is 1.30. The Hall–Kier alpha value is -1.87. The van der Waals surface area contributed by atoms with E-state index in [2.05, 4.69) is 10.0 Å². The van der Waals surface area contributed by atoms with E-state index in [1.54, 1.807) is 6.07 Å². The topological polar surface area (TPSA) is 84.0 Å². The van der Waals surface area contributed by atoms with Crippen LogP contribution < -0.4 is 10.5 Å². The third-order valence-electron chi connectivity index (χ3n) is 2.09. The van der Waals surface area contributed by atoms with E-state index in [1.807, 2.05) is 18.2 Å². The summed E-state index contributed by atoms with van der Waals surface area (Å²) in [5, 5.41) is 3.46. The van der Waals surface area contributed by atoms with Crippen molar-refractivity contribution in [1.82, 2.24) is 0 Å². The summed E-state index contributed by atoms with van der Waals surface area (Å²) < 4.78 is 5.51. The Kier molecular flexibility index (Phi) is 5.66. The number of hydrogen-bond acceptors (Lipinski definition) is 3. The molecule has 16 heavy (non-hydrogen) atoms. The number of nitrogens with zero attached hydrogens (tertiary/aromatic N) is 3. The van der Waals surface area contributed by atoms with Crippen LogP contribution in [0.25, 0.3) is 10.4 Å². The summed E-state index contributed by atoms with van der Waals surface area (Å²) >= 11 is 0. The predicted molar refractivity (Wildman–Crippen MR) is 64.2 cm³/mol. The molecule has 0 aliphatic heterocycles. The van der Waals surface area contributed by atoms with Crippen LogP contribution in [0, 0.1) is 0 Å². The zero-order valence-corrected chi connectivity index (χ0v) is 9.17. The van der Waals surface area contributed by atoms with Gasteiger partial charge in [-0.3, -0.25) is 0 Å². The monoisotopic (exact) mass is 220 g/mol. The molecule has 0 atom stereocenters. The van der Waals surface area contributed by atoms with Crippen molar-refractivity contribution < 1.29 is 4.74 Å². The van der Waals surface area contributed by atoms with Crippen molar-refractivity contribution in [3.63, 3.8) is 0 Å². The summed E-state index contributed by atoms with van der Waals surface area (Å²) in [5.41, 5.74) is 14.4. The molecular formula is C11H16N4O. The minimum Gasteiger partial charge on any atom is -0.494 e. The summed E-state index contributed by atoms with van der Waals surface area (Å²) in [6.07, 6.45) is 2.86. The highest BCUT2D eigenvalue weighted by Gasteiger charge is 1.94. The van der Waals surface area contributed by atoms with Gasteiger partial charge in [0.05, 0.1) is 6.61 Å². The van der Waals surface area contributed by atoms with E-state index in [9.17, 15) is 0 Å². The zero-order chi connectivity index (χ0) is 11.6. The van der Waals surface area contributed by atoms with Gasteiger partial charge in [-0.25, -0.2) is 0 Å². The van der Waals surface area contributed by atoms with E-state index in [1.165, 1.54) is 0 Å². The first-order chi connectivity index (χ1) is 7.83.